The molecule has 0 saturated heterocycles. The van der Waals surface area contributed by atoms with Crippen LogP contribution in [-0.4, -0.2) is 16.9 Å². The number of benzene rings is 1. The number of halogens is 1. The van der Waals surface area contributed by atoms with E-state index in [9.17, 15) is 0 Å². The number of fused-ring (bicyclic) bond motifs is 1. The number of nitrogens with zero attached hydrogens (tertiary/aromatic N) is 1. The second kappa shape index (κ2) is 5.41. The highest BCUT2D eigenvalue weighted by atomic mass is 79.9. The van der Waals surface area contributed by atoms with E-state index >= 15 is 0 Å². The van der Waals surface area contributed by atoms with Gasteiger partial charge in [0, 0.05) is 29.5 Å². The van der Waals surface area contributed by atoms with Crippen molar-refractivity contribution in [2.45, 2.75) is 13.5 Å². The number of alkyl halides is 1. The first kappa shape index (κ1) is 11.6. The van der Waals surface area contributed by atoms with Gasteiger partial charge in [0.15, 0.2) is 0 Å². The third-order valence-electron chi connectivity index (χ3n) is 2.52. The van der Waals surface area contributed by atoms with Gasteiger partial charge in [0.05, 0.1) is 5.52 Å². The van der Waals surface area contributed by atoms with Gasteiger partial charge in [0.25, 0.3) is 0 Å². The van der Waals surface area contributed by atoms with Crippen molar-refractivity contribution in [3.8, 4) is 0 Å². The minimum atomic E-state index is 0.898. The Labute approximate surface area is 104 Å². The van der Waals surface area contributed by atoms with Crippen LogP contribution < -0.4 is 5.32 Å². The van der Waals surface area contributed by atoms with E-state index in [0.717, 1.165) is 29.6 Å². The summed E-state index contributed by atoms with van der Waals surface area (Å²) < 4.78 is 0. The summed E-state index contributed by atoms with van der Waals surface area (Å²) in [5.74, 6) is 0. The van der Waals surface area contributed by atoms with Crippen LogP contribution in [0.25, 0.3) is 10.9 Å². The van der Waals surface area contributed by atoms with Crippen molar-refractivity contribution in [2.75, 3.05) is 11.9 Å². The quantitative estimate of drug-likeness (QED) is 0.687. The Morgan fingerprint density at radius 3 is 2.94 bits per heavy atom. The molecule has 0 unspecified atom stereocenters. The minimum Gasteiger partial charge on any atom is -0.312 e. The lowest BCUT2D eigenvalue weighted by atomic mass is 10.1. The number of rotatable bonds is 4. The van der Waals surface area contributed by atoms with E-state index in [1.807, 2.05) is 13.0 Å². The van der Waals surface area contributed by atoms with E-state index < -0.39 is 0 Å². The first-order valence-electron chi connectivity index (χ1n) is 5.43. The Bertz CT molecular complexity index is 482. The number of hydrogen-bond acceptors (Lipinski definition) is 2. The summed E-state index contributed by atoms with van der Waals surface area (Å²) in [7, 11) is 0. The van der Waals surface area contributed by atoms with Crippen molar-refractivity contribution in [2.24, 2.45) is 0 Å². The molecule has 3 heteroatoms. The summed E-state index contributed by atoms with van der Waals surface area (Å²) in [6.07, 6.45) is 0. The number of aromatic nitrogens is 1. The lowest BCUT2D eigenvalue weighted by molar-refractivity contribution is 0.737. The summed E-state index contributed by atoms with van der Waals surface area (Å²) in [6.45, 7) is 3.92. The molecule has 16 heavy (non-hydrogen) atoms. The van der Waals surface area contributed by atoms with Crippen LogP contribution in [0, 0.1) is 6.92 Å². The van der Waals surface area contributed by atoms with Crippen LogP contribution >= 0.6 is 15.9 Å². The molecule has 0 saturated carbocycles. The van der Waals surface area contributed by atoms with Crippen LogP contribution in [0.2, 0.25) is 0 Å². The summed E-state index contributed by atoms with van der Waals surface area (Å²) in [4.78, 5) is 4.53. The smallest absolute Gasteiger partial charge is 0.0708 e. The van der Waals surface area contributed by atoms with E-state index in [-0.39, 0.29) is 0 Å². The SMILES string of the molecule is Cc1cc(CNCCBr)c2ccccc2n1. The van der Waals surface area contributed by atoms with Gasteiger partial charge in [-0.15, -0.1) is 0 Å². The normalized spacial score (nSPS) is 10.9. The van der Waals surface area contributed by atoms with Crippen LogP contribution in [-0.2, 0) is 6.54 Å². The minimum absolute atomic E-state index is 0.898. The Kier molecular flexibility index (Phi) is 3.91. The summed E-state index contributed by atoms with van der Waals surface area (Å²) in [5, 5.41) is 5.62. The topological polar surface area (TPSA) is 24.9 Å². The second-order valence-corrected chi connectivity index (χ2v) is 4.60. The second-order valence-electron chi connectivity index (χ2n) is 3.81. The van der Waals surface area contributed by atoms with Gasteiger partial charge in [-0.3, -0.25) is 4.98 Å². The van der Waals surface area contributed by atoms with E-state index in [2.05, 4.69) is 50.5 Å². The third-order valence-corrected chi connectivity index (χ3v) is 2.91. The molecule has 1 N–H and O–H groups in total. The van der Waals surface area contributed by atoms with Crippen LogP contribution in [0.3, 0.4) is 0 Å². The van der Waals surface area contributed by atoms with Crippen molar-refractivity contribution >= 4 is 26.8 Å². The van der Waals surface area contributed by atoms with Gasteiger partial charge in [-0.2, -0.15) is 0 Å². The highest BCUT2D eigenvalue weighted by Gasteiger charge is 2.02. The Morgan fingerprint density at radius 1 is 1.31 bits per heavy atom. The molecule has 0 fully saturated rings. The first-order chi connectivity index (χ1) is 7.81. The van der Waals surface area contributed by atoms with E-state index in [0.29, 0.717) is 0 Å². The maximum Gasteiger partial charge on any atom is 0.0708 e. The van der Waals surface area contributed by atoms with Crippen molar-refractivity contribution in [3.63, 3.8) is 0 Å². The Hall–Kier alpha value is -0.930. The zero-order valence-corrected chi connectivity index (χ0v) is 10.9. The number of aryl methyl sites for hydroxylation is 1. The molecule has 0 radical (unpaired) electrons. The van der Waals surface area contributed by atoms with Gasteiger partial charge in [-0.1, -0.05) is 34.1 Å². The van der Waals surface area contributed by atoms with Crippen LogP contribution in [0.15, 0.2) is 30.3 Å². The molecule has 0 aliphatic carbocycles. The fourth-order valence-corrected chi connectivity index (χ4v) is 2.11. The fourth-order valence-electron chi connectivity index (χ4n) is 1.83. The molecule has 0 amide bonds. The predicted molar refractivity (Wildman–Crippen MR) is 72.0 cm³/mol. The van der Waals surface area contributed by atoms with Gasteiger partial charge in [0.2, 0.25) is 0 Å². The number of hydrogen-bond donors (Lipinski definition) is 1. The Balaban J connectivity index is 2.34. The molecule has 0 spiro atoms. The molecule has 0 atom stereocenters. The summed E-state index contributed by atoms with van der Waals surface area (Å²) >= 11 is 3.41. The predicted octanol–water partition coefficient (Wildman–Crippen LogP) is 3.03. The monoisotopic (exact) mass is 278 g/mol. The maximum atomic E-state index is 4.53. The molecule has 1 aromatic carbocycles. The van der Waals surface area contributed by atoms with E-state index in [4.69, 9.17) is 0 Å². The molecular weight excluding hydrogens is 264 g/mol. The lowest BCUT2D eigenvalue weighted by Gasteiger charge is -2.08. The highest BCUT2D eigenvalue weighted by Crippen LogP contribution is 2.17. The molecular formula is C13H15BrN2. The number of nitrogens with one attached hydrogen (secondary N) is 1. The van der Waals surface area contributed by atoms with Crippen LogP contribution in [0.5, 0.6) is 0 Å². The fraction of sp³-hybridized carbons (Fsp3) is 0.308. The van der Waals surface area contributed by atoms with E-state index in [1.54, 1.807) is 0 Å². The largest absolute Gasteiger partial charge is 0.312 e. The maximum absolute atomic E-state index is 4.53. The zero-order chi connectivity index (χ0) is 11.4. The summed E-state index contributed by atoms with van der Waals surface area (Å²) in [6, 6.07) is 10.4. The molecule has 2 rings (SSSR count). The van der Waals surface area contributed by atoms with Crippen LogP contribution in [0.4, 0.5) is 0 Å². The van der Waals surface area contributed by atoms with Gasteiger partial charge in [0.1, 0.15) is 0 Å². The molecule has 2 nitrogen and oxygen atoms in total. The Morgan fingerprint density at radius 2 is 2.12 bits per heavy atom. The molecule has 0 aliphatic heterocycles. The first-order valence-corrected chi connectivity index (χ1v) is 6.55. The molecule has 2 aromatic rings. The van der Waals surface area contributed by atoms with Crippen LogP contribution in [0.1, 0.15) is 11.3 Å². The molecule has 84 valence electrons. The molecule has 1 aromatic heterocycles. The van der Waals surface area contributed by atoms with Crippen molar-refractivity contribution < 1.29 is 0 Å². The van der Waals surface area contributed by atoms with Crippen molar-refractivity contribution in [1.82, 2.24) is 10.3 Å². The number of para-hydroxylation sites is 1. The molecule has 0 bridgehead atoms. The standard InChI is InChI=1S/C13H15BrN2/c1-10-8-11(9-15-7-6-14)12-4-2-3-5-13(12)16-10/h2-5,8,15H,6-7,9H2,1H3. The number of pyridine rings is 1. The third kappa shape index (κ3) is 2.60. The van der Waals surface area contributed by atoms with Gasteiger partial charge in [-0.25, -0.2) is 0 Å². The average molecular weight is 279 g/mol. The summed E-state index contributed by atoms with van der Waals surface area (Å²) in [5.41, 5.74) is 3.48. The average Bonchev–Trinajstić information content (AvgIpc) is 2.29. The molecule has 1 heterocycles. The molecule has 0 aliphatic rings. The highest BCUT2D eigenvalue weighted by molar-refractivity contribution is 9.09. The van der Waals surface area contributed by atoms with Crippen molar-refractivity contribution in [1.29, 1.82) is 0 Å². The van der Waals surface area contributed by atoms with E-state index in [1.165, 1.54) is 10.9 Å². The van der Waals surface area contributed by atoms with Crippen molar-refractivity contribution in [3.05, 3.63) is 41.6 Å². The zero-order valence-electron chi connectivity index (χ0n) is 9.33. The van der Waals surface area contributed by atoms with Gasteiger partial charge >= 0.3 is 0 Å². The lowest BCUT2D eigenvalue weighted by Crippen LogP contribution is -2.16. The van der Waals surface area contributed by atoms with Gasteiger partial charge in [-0.05, 0) is 24.6 Å². The van der Waals surface area contributed by atoms with Gasteiger partial charge < -0.3 is 5.32 Å².